The van der Waals surface area contributed by atoms with Crippen molar-refractivity contribution in [3.63, 3.8) is 0 Å². The molecule has 26 heavy (non-hydrogen) atoms. The number of hydrogen-bond acceptors (Lipinski definition) is 4. The Morgan fingerprint density at radius 1 is 1.23 bits per heavy atom. The second-order valence-electron chi connectivity index (χ2n) is 7.50. The topological polar surface area (TPSA) is 97.2 Å². The number of carbonyl (C=O) groups excluding carboxylic acids is 2. The molecule has 0 unspecified atom stereocenters. The summed E-state index contributed by atoms with van der Waals surface area (Å²) in [6.45, 7) is 6.05. The molecule has 0 aliphatic heterocycles. The summed E-state index contributed by atoms with van der Waals surface area (Å²) in [5.74, 6) is -0.382. The van der Waals surface area contributed by atoms with Gasteiger partial charge in [0.15, 0.2) is 0 Å². The fourth-order valence-corrected chi connectivity index (χ4v) is 2.76. The van der Waals surface area contributed by atoms with Gasteiger partial charge in [-0.25, -0.2) is 0 Å². The molecule has 1 aromatic carbocycles. The SMILES string of the molecule is CC(C)(C)OC(=O)CCCCNC(=O)[C@@H](N)Cc1c[nH]c2ccccc12. The average Bonchev–Trinajstić information content (AvgIpc) is 2.96. The number of aromatic amines is 1. The summed E-state index contributed by atoms with van der Waals surface area (Å²) in [7, 11) is 0. The first-order valence-electron chi connectivity index (χ1n) is 9.06. The van der Waals surface area contributed by atoms with Crippen molar-refractivity contribution in [2.45, 2.75) is 58.1 Å². The molecule has 6 nitrogen and oxygen atoms in total. The number of ether oxygens (including phenoxy) is 1. The zero-order valence-corrected chi connectivity index (χ0v) is 15.8. The van der Waals surface area contributed by atoms with Crippen LogP contribution in [0.15, 0.2) is 30.5 Å². The molecule has 142 valence electrons. The number of hydrogen-bond donors (Lipinski definition) is 3. The van der Waals surface area contributed by atoms with Crippen LogP contribution in [0.4, 0.5) is 0 Å². The highest BCUT2D eigenvalue weighted by Crippen LogP contribution is 2.18. The van der Waals surface area contributed by atoms with E-state index in [-0.39, 0.29) is 11.9 Å². The number of H-pyrrole nitrogens is 1. The van der Waals surface area contributed by atoms with E-state index < -0.39 is 11.6 Å². The summed E-state index contributed by atoms with van der Waals surface area (Å²) in [5, 5.41) is 3.93. The Morgan fingerprint density at radius 3 is 2.69 bits per heavy atom. The Kier molecular flexibility index (Phi) is 6.80. The lowest BCUT2D eigenvalue weighted by Crippen LogP contribution is -2.42. The van der Waals surface area contributed by atoms with Gasteiger partial charge in [0.1, 0.15) is 5.60 Å². The van der Waals surface area contributed by atoms with Gasteiger partial charge in [0.25, 0.3) is 0 Å². The number of fused-ring (bicyclic) bond motifs is 1. The summed E-state index contributed by atoms with van der Waals surface area (Å²) in [6.07, 6.45) is 4.12. The molecule has 6 heteroatoms. The lowest BCUT2D eigenvalue weighted by atomic mass is 10.1. The van der Waals surface area contributed by atoms with E-state index in [1.54, 1.807) is 0 Å². The molecule has 2 rings (SSSR count). The third-order valence-electron chi connectivity index (χ3n) is 3.98. The van der Waals surface area contributed by atoms with Crippen LogP contribution in [-0.4, -0.2) is 35.0 Å². The minimum atomic E-state index is -0.597. The van der Waals surface area contributed by atoms with Gasteiger partial charge in [0.05, 0.1) is 6.04 Å². The van der Waals surface area contributed by atoms with E-state index in [2.05, 4.69) is 10.3 Å². The third kappa shape index (κ3) is 6.19. The van der Waals surface area contributed by atoms with Crippen LogP contribution in [0, 0.1) is 0 Å². The number of nitrogens with one attached hydrogen (secondary N) is 2. The normalized spacial score (nSPS) is 12.8. The fraction of sp³-hybridized carbons (Fsp3) is 0.500. The van der Waals surface area contributed by atoms with Crippen molar-refractivity contribution in [3.05, 3.63) is 36.0 Å². The zero-order chi connectivity index (χ0) is 19.2. The zero-order valence-electron chi connectivity index (χ0n) is 15.8. The van der Waals surface area contributed by atoms with Gasteiger partial charge < -0.3 is 20.8 Å². The first-order chi connectivity index (χ1) is 12.3. The summed E-state index contributed by atoms with van der Waals surface area (Å²) in [5.41, 5.74) is 7.65. The molecule has 1 atom stereocenters. The summed E-state index contributed by atoms with van der Waals surface area (Å²) in [6, 6.07) is 7.35. The molecular formula is C20H29N3O3. The van der Waals surface area contributed by atoms with Gasteiger partial charge >= 0.3 is 5.97 Å². The molecule has 0 aliphatic carbocycles. The van der Waals surface area contributed by atoms with E-state index in [4.69, 9.17) is 10.5 Å². The molecule has 0 radical (unpaired) electrons. The highest BCUT2D eigenvalue weighted by atomic mass is 16.6. The number of carbonyl (C=O) groups is 2. The van der Waals surface area contributed by atoms with Crippen molar-refractivity contribution in [3.8, 4) is 0 Å². The second-order valence-corrected chi connectivity index (χ2v) is 7.50. The maximum absolute atomic E-state index is 12.2. The quantitative estimate of drug-likeness (QED) is 0.498. The van der Waals surface area contributed by atoms with Crippen LogP contribution < -0.4 is 11.1 Å². The molecule has 0 aliphatic rings. The number of esters is 1. The Balaban J connectivity index is 1.69. The van der Waals surface area contributed by atoms with E-state index in [0.717, 1.165) is 16.5 Å². The first-order valence-corrected chi connectivity index (χ1v) is 9.06. The Morgan fingerprint density at radius 2 is 1.96 bits per heavy atom. The summed E-state index contributed by atoms with van der Waals surface area (Å²) < 4.78 is 5.25. The van der Waals surface area contributed by atoms with Crippen LogP contribution in [0.25, 0.3) is 10.9 Å². The highest BCUT2D eigenvalue weighted by molar-refractivity contribution is 5.86. The van der Waals surface area contributed by atoms with Gasteiger partial charge in [-0.05, 0) is 51.7 Å². The maximum Gasteiger partial charge on any atom is 0.306 e. The van der Waals surface area contributed by atoms with Crippen LogP contribution >= 0.6 is 0 Å². The van der Waals surface area contributed by atoms with E-state index in [1.165, 1.54) is 0 Å². The molecule has 0 saturated carbocycles. The van der Waals surface area contributed by atoms with Gasteiger partial charge in [-0.15, -0.1) is 0 Å². The number of rotatable bonds is 8. The van der Waals surface area contributed by atoms with Crippen molar-refractivity contribution < 1.29 is 14.3 Å². The minimum Gasteiger partial charge on any atom is -0.460 e. The first kappa shape index (κ1) is 20.0. The predicted molar refractivity (Wildman–Crippen MR) is 103 cm³/mol. The molecule has 1 amide bonds. The van der Waals surface area contributed by atoms with Crippen LogP contribution in [0.2, 0.25) is 0 Å². The standard InChI is InChI=1S/C20H29N3O3/c1-20(2,3)26-18(24)10-6-7-11-22-19(25)16(21)12-14-13-23-17-9-5-4-8-15(14)17/h4-5,8-9,13,16,23H,6-7,10-12,21H2,1-3H3,(H,22,25)/t16-/m0/s1. The van der Waals surface area contributed by atoms with E-state index in [0.29, 0.717) is 32.2 Å². The lowest BCUT2D eigenvalue weighted by Gasteiger charge is -2.19. The number of benzene rings is 1. The largest absolute Gasteiger partial charge is 0.460 e. The van der Waals surface area contributed by atoms with E-state index in [1.807, 2.05) is 51.2 Å². The number of para-hydroxylation sites is 1. The van der Waals surface area contributed by atoms with Crippen molar-refractivity contribution in [1.82, 2.24) is 10.3 Å². The summed E-state index contributed by atoms with van der Waals surface area (Å²) in [4.78, 5) is 27.0. The molecular weight excluding hydrogens is 330 g/mol. The van der Waals surface area contributed by atoms with Gasteiger partial charge in [0, 0.05) is 30.1 Å². The van der Waals surface area contributed by atoms with Gasteiger partial charge in [-0.1, -0.05) is 18.2 Å². The predicted octanol–water partition coefficient (Wildman–Crippen LogP) is 2.67. The molecule has 0 fully saturated rings. The van der Waals surface area contributed by atoms with Gasteiger partial charge in [0.2, 0.25) is 5.91 Å². The van der Waals surface area contributed by atoms with Gasteiger partial charge in [-0.2, -0.15) is 0 Å². The number of nitrogens with two attached hydrogens (primary N) is 1. The fourth-order valence-electron chi connectivity index (χ4n) is 2.76. The lowest BCUT2D eigenvalue weighted by molar-refractivity contribution is -0.154. The highest BCUT2D eigenvalue weighted by Gasteiger charge is 2.17. The van der Waals surface area contributed by atoms with Crippen LogP contribution in [0.5, 0.6) is 0 Å². The Labute approximate surface area is 154 Å². The van der Waals surface area contributed by atoms with Crippen molar-refractivity contribution in [2.75, 3.05) is 6.54 Å². The number of amides is 1. The van der Waals surface area contributed by atoms with E-state index >= 15 is 0 Å². The van der Waals surface area contributed by atoms with Crippen molar-refractivity contribution in [1.29, 1.82) is 0 Å². The number of aromatic nitrogens is 1. The van der Waals surface area contributed by atoms with Crippen LogP contribution in [0.1, 0.15) is 45.6 Å². The van der Waals surface area contributed by atoms with E-state index in [9.17, 15) is 9.59 Å². The average molecular weight is 359 g/mol. The second kappa shape index (κ2) is 8.85. The minimum absolute atomic E-state index is 0.174. The monoisotopic (exact) mass is 359 g/mol. The van der Waals surface area contributed by atoms with Crippen molar-refractivity contribution in [2.24, 2.45) is 5.73 Å². The van der Waals surface area contributed by atoms with Crippen molar-refractivity contribution >= 4 is 22.8 Å². The van der Waals surface area contributed by atoms with Gasteiger partial charge in [-0.3, -0.25) is 9.59 Å². The maximum atomic E-state index is 12.2. The molecule has 2 aromatic rings. The molecule has 1 aromatic heterocycles. The molecule has 0 saturated heterocycles. The third-order valence-corrected chi connectivity index (χ3v) is 3.98. The Bertz CT molecular complexity index is 746. The van der Waals surface area contributed by atoms with Crippen LogP contribution in [0.3, 0.4) is 0 Å². The molecule has 0 bridgehead atoms. The molecule has 4 N–H and O–H groups in total. The number of unbranched alkanes of at least 4 members (excludes halogenated alkanes) is 1. The summed E-state index contributed by atoms with van der Waals surface area (Å²) >= 11 is 0. The van der Waals surface area contributed by atoms with Crippen LogP contribution in [-0.2, 0) is 20.7 Å². The molecule has 0 spiro atoms. The Hall–Kier alpha value is -2.34. The molecule has 1 heterocycles. The smallest absolute Gasteiger partial charge is 0.306 e.